The molecule has 8 nitrogen and oxygen atoms in total. The highest BCUT2D eigenvalue weighted by Gasteiger charge is 2.14. The van der Waals surface area contributed by atoms with Crippen molar-refractivity contribution in [2.75, 3.05) is 0 Å². The van der Waals surface area contributed by atoms with Crippen molar-refractivity contribution in [3.63, 3.8) is 0 Å². The molecule has 26 heavy (non-hydrogen) atoms. The average Bonchev–Trinajstić information content (AvgIpc) is 2.92. The van der Waals surface area contributed by atoms with Gasteiger partial charge in [0.1, 0.15) is 5.75 Å². The van der Waals surface area contributed by atoms with Crippen LogP contribution in [0, 0.1) is 11.3 Å². The lowest BCUT2D eigenvalue weighted by Gasteiger charge is -2.11. The SMILES string of the molecule is Cn1c(Cn2ccc(Br)c(Oc3cc(Cl)cc(C#N)c3)c2=O)n[nH]c1=O. The number of aromatic nitrogens is 4. The Bertz CT molecular complexity index is 1140. The first kappa shape index (κ1) is 18.0. The van der Waals surface area contributed by atoms with E-state index in [1.807, 2.05) is 6.07 Å². The molecule has 2 aromatic heterocycles. The van der Waals surface area contributed by atoms with Gasteiger partial charge in [0, 0.05) is 18.3 Å². The van der Waals surface area contributed by atoms with Crippen molar-refractivity contribution < 1.29 is 4.74 Å². The Balaban J connectivity index is 1.99. The minimum atomic E-state index is -0.437. The van der Waals surface area contributed by atoms with E-state index in [1.54, 1.807) is 19.3 Å². The van der Waals surface area contributed by atoms with Gasteiger partial charge in [0.05, 0.1) is 22.7 Å². The molecule has 3 aromatic rings. The van der Waals surface area contributed by atoms with Crippen LogP contribution < -0.4 is 16.0 Å². The van der Waals surface area contributed by atoms with Crippen LogP contribution in [-0.4, -0.2) is 19.3 Å². The van der Waals surface area contributed by atoms with Crippen LogP contribution in [0.25, 0.3) is 0 Å². The van der Waals surface area contributed by atoms with Crippen LogP contribution in [0.4, 0.5) is 0 Å². The topological polar surface area (TPSA) is 106 Å². The van der Waals surface area contributed by atoms with Crippen molar-refractivity contribution in [3.8, 4) is 17.6 Å². The minimum Gasteiger partial charge on any atom is -0.450 e. The minimum absolute atomic E-state index is 0.0270. The van der Waals surface area contributed by atoms with Gasteiger partial charge in [-0.15, -0.1) is 0 Å². The van der Waals surface area contributed by atoms with Gasteiger partial charge in [-0.3, -0.25) is 9.36 Å². The molecule has 3 rings (SSSR count). The Hall–Kier alpha value is -2.83. The molecule has 0 bridgehead atoms. The fourth-order valence-electron chi connectivity index (χ4n) is 2.23. The molecule has 0 aliphatic heterocycles. The lowest BCUT2D eigenvalue weighted by atomic mass is 10.2. The van der Waals surface area contributed by atoms with E-state index in [-0.39, 0.29) is 23.7 Å². The largest absolute Gasteiger partial charge is 0.450 e. The van der Waals surface area contributed by atoms with E-state index in [4.69, 9.17) is 21.6 Å². The summed E-state index contributed by atoms with van der Waals surface area (Å²) in [5, 5.41) is 15.5. The smallest absolute Gasteiger partial charge is 0.343 e. The number of pyridine rings is 1. The van der Waals surface area contributed by atoms with Crippen LogP contribution in [0.2, 0.25) is 5.02 Å². The number of hydrogen-bond donors (Lipinski definition) is 1. The number of ether oxygens (including phenoxy) is 1. The molecule has 0 aliphatic carbocycles. The molecule has 1 aromatic carbocycles. The molecule has 0 spiro atoms. The molecule has 0 saturated heterocycles. The lowest BCUT2D eigenvalue weighted by molar-refractivity contribution is 0.463. The quantitative estimate of drug-likeness (QED) is 0.676. The van der Waals surface area contributed by atoms with E-state index in [2.05, 4.69) is 26.1 Å². The van der Waals surface area contributed by atoms with Gasteiger partial charge in [0.2, 0.25) is 5.75 Å². The zero-order valence-corrected chi connectivity index (χ0v) is 15.7. The Kier molecular flexibility index (Phi) is 4.97. The van der Waals surface area contributed by atoms with Crippen molar-refractivity contribution in [3.05, 3.63) is 72.2 Å². The van der Waals surface area contributed by atoms with Gasteiger partial charge in [0.15, 0.2) is 5.82 Å². The molecule has 0 saturated carbocycles. The summed E-state index contributed by atoms with van der Waals surface area (Å²) < 4.78 is 8.77. The first-order valence-electron chi connectivity index (χ1n) is 7.27. The van der Waals surface area contributed by atoms with Crippen LogP contribution >= 0.6 is 27.5 Å². The third-order valence-electron chi connectivity index (χ3n) is 3.58. The highest BCUT2D eigenvalue weighted by Crippen LogP contribution is 2.28. The molecule has 132 valence electrons. The molecule has 0 atom stereocenters. The third-order valence-corrected chi connectivity index (χ3v) is 4.42. The summed E-state index contributed by atoms with van der Waals surface area (Å²) in [5.41, 5.74) is -0.496. The summed E-state index contributed by atoms with van der Waals surface area (Å²) in [4.78, 5) is 24.2. The molecular formula is C16H11BrClN5O3. The second-order valence-corrected chi connectivity index (χ2v) is 6.61. The molecule has 0 radical (unpaired) electrons. The number of nitriles is 1. The van der Waals surface area contributed by atoms with Crippen molar-refractivity contribution >= 4 is 27.5 Å². The predicted molar refractivity (Wildman–Crippen MR) is 97.6 cm³/mol. The van der Waals surface area contributed by atoms with Crippen LogP contribution in [0.5, 0.6) is 11.5 Å². The average molecular weight is 437 g/mol. The van der Waals surface area contributed by atoms with Crippen LogP contribution in [-0.2, 0) is 13.6 Å². The number of nitrogens with zero attached hydrogens (tertiary/aromatic N) is 4. The fraction of sp³-hybridized carbons (Fsp3) is 0.125. The zero-order valence-electron chi connectivity index (χ0n) is 13.4. The summed E-state index contributed by atoms with van der Waals surface area (Å²) in [7, 11) is 1.55. The van der Waals surface area contributed by atoms with Gasteiger partial charge >= 0.3 is 5.69 Å². The number of halogens is 2. The number of H-pyrrole nitrogens is 1. The number of hydrogen-bond acceptors (Lipinski definition) is 5. The second kappa shape index (κ2) is 7.19. The Morgan fingerprint density at radius 3 is 2.81 bits per heavy atom. The molecule has 2 heterocycles. The summed E-state index contributed by atoms with van der Waals surface area (Å²) in [6, 6.07) is 8.08. The van der Waals surface area contributed by atoms with Gasteiger partial charge < -0.3 is 9.30 Å². The molecule has 0 amide bonds. The Labute approximate surface area is 160 Å². The van der Waals surface area contributed by atoms with E-state index >= 15 is 0 Å². The molecule has 0 aliphatic rings. The number of aromatic amines is 1. The van der Waals surface area contributed by atoms with Crippen molar-refractivity contribution in [2.45, 2.75) is 6.54 Å². The maximum absolute atomic E-state index is 12.7. The predicted octanol–water partition coefficient (Wildman–Crippen LogP) is 2.40. The van der Waals surface area contributed by atoms with E-state index < -0.39 is 5.56 Å². The second-order valence-electron chi connectivity index (χ2n) is 5.32. The number of rotatable bonds is 4. The van der Waals surface area contributed by atoms with Crippen LogP contribution in [0.1, 0.15) is 11.4 Å². The number of benzene rings is 1. The van der Waals surface area contributed by atoms with Crippen molar-refractivity contribution in [2.24, 2.45) is 7.05 Å². The summed E-state index contributed by atoms with van der Waals surface area (Å²) in [6.45, 7) is 0.0801. The van der Waals surface area contributed by atoms with Crippen LogP contribution in [0.15, 0.2) is 44.5 Å². The van der Waals surface area contributed by atoms with E-state index in [1.165, 1.54) is 27.3 Å². The molecular weight excluding hydrogens is 426 g/mol. The maximum atomic E-state index is 12.7. The monoisotopic (exact) mass is 435 g/mol. The van der Waals surface area contributed by atoms with E-state index in [9.17, 15) is 9.59 Å². The van der Waals surface area contributed by atoms with Crippen molar-refractivity contribution in [1.82, 2.24) is 19.3 Å². The van der Waals surface area contributed by atoms with Gasteiger partial charge in [-0.25, -0.2) is 9.89 Å². The van der Waals surface area contributed by atoms with Crippen LogP contribution in [0.3, 0.4) is 0 Å². The fourth-order valence-corrected chi connectivity index (χ4v) is 2.82. The van der Waals surface area contributed by atoms with Gasteiger partial charge in [0.25, 0.3) is 5.56 Å². The Morgan fingerprint density at radius 2 is 2.15 bits per heavy atom. The summed E-state index contributed by atoms with van der Waals surface area (Å²) in [6.07, 6.45) is 1.55. The first-order chi connectivity index (χ1) is 12.4. The normalized spacial score (nSPS) is 10.5. The third kappa shape index (κ3) is 3.56. The first-order valence-corrected chi connectivity index (χ1v) is 8.44. The highest BCUT2D eigenvalue weighted by molar-refractivity contribution is 9.10. The standard InChI is InChI=1S/C16H11BrClN5O3/c1-22-13(20-21-16(22)25)8-23-3-2-12(17)14(15(23)24)26-11-5-9(7-19)4-10(18)6-11/h2-6H,8H2,1H3,(H,21,25). The van der Waals surface area contributed by atoms with Crippen molar-refractivity contribution in [1.29, 1.82) is 5.26 Å². The number of nitrogens with one attached hydrogen (secondary N) is 1. The molecule has 10 heteroatoms. The summed E-state index contributed by atoms with van der Waals surface area (Å²) >= 11 is 9.25. The maximum Gasteiger partial charge on any atom is 0.343 e. The summed E-state index contributed by atoms with van der Waals surface area (Å²) in [5.74, 6) is 0.677. The molecule has 0 fully saturated rings. The van der Waals surface area contributed by atoms with E-state index in [0.29, 0.717) is 20.9 Å². The Morgan fingerprint density at radius 1 is 1.38 bits per heavy atom. The molecule has 0 unspecified atom stereocenters. The molecule has 1 N–H and O–H groups in total. The lowest BCUT2D eigenvalue weighted by Crippen LogP contribution is -2.24. The van der Waals surface area contributed by atoms with Gasteiger partial charge in [-0.2, -0.15) is 10.4 Å². The van der Waals surface area contributed by atoms with Gasteiger partial charge in [-0.05, 0) is 40.2 Å². The highest BCUT2D eigenvalue weighted by atomic mass is 79.9. The zero-order chi connectivity index (χ0) is 18.8. The van der Waals surface area contributed by atoms with E-state index in [0.717, 1.165) is 0 Å². The van der Waals surface area contributed by atoms with Gasteiger partial charge in [-0.1, -0.05) is 11.6 Å².